The van der Waals surface area contributed by atoms with Crippen LogP contribution < -0.4 is 0 Å². The van der Waals surface area contributed by atoms with Crippen LogP contribution in [-0.4, -0.2) is 10.7 Å². The Labute approximate surface area is 110 Å². The van der Waals surface area contributed by atoms with Gasteiger partial charge in [-0.15, -0.1) is 0 Å². The molecule has 0 spiro atoms. The first-order valence-corrected chi connectivity index (χ1v) is 7.51. The number of hydrogen-bond donors (Lipinski definition) is 1. The Hall–Kier alpha value is -0.900. The highest BCUT2D eigenvalue weighted by atomic mass is 33.1. The Morgan fingerprint density at radius 2 is 1.82 bits per heavy atom. The molecule has 1 atom stereocenters. The van der Waals surface area contributed by atoms with Gasteiger partial charge >= 0.3 is 0 Å². The smallest absolute Gasteiger partial charge is 0.0987 e. The predicted octanol–water partition coefficient (Wildman–Crippen LogP) is 4.19. The lowest BCUT2D eigenvalue weighted by molar-refractivity contribution is 0.164. The van der Waals surface area contributed by atoms with Gasteiger partial charge in [-0.3, -0.25) is 0 Å². The fraction of sp³-hybridized carbons (Fsp3) is 0.143. The van der Waals surface area contributed by atoms with Gasteiger partial charge in [0.05, 0.1) is 5.60 Å². The molecule has 0 fully saturated rings. The van der Waals surface area contributed by atoms with E-state index in [9.17, 15) is 5.11 Å². The summed E-state index contributed by atoms with van der Waals surface area (Å²) < 4.78 is 0. The second kappa shape index (κ2) is 5.63. The van der Waals surface area contributed by atoms with Crippen molar-refractivity contribution in [3.05, 3.63) is 65.6 Å². The highest BCUT2D eigenvalue weighted by Crippen LogP contribution is 2.38. The number of allylic oxidation sites excluding steroid dienone is 3. The van der Waals surface area contributed by atoms with Gasteiger partial charge in [0, 0.05) is 9.80 Å². The first kappa shape index (κ1) is 12.6. The van der Waals surface area contributed by atoms with Gasteiger partial charge in [0.1, 0.15) is 0 Å². The Balaban J connectivity index is 1.97. The zero-order valence-electron chi connectivity index (χ0n) is 9.54. The molecule has 1 aromatic carbocycles. The molecule has 1 nitrogen and oxygen atoms in total. The van der Waals surface area contributed by atoms with E-state index < -0.39 is 5.60 Å². The van der Waals surface area contributed by atoms with Crippen LogP contribution >= 0.6 is 21.6 Å². The van der Waals surface area contributed by atoms with Gasteiger partial charge in [0.2, 0.25) is 0 Å². The van der Waals surface area contributed by atoms with Crippen LogP contribution in [0.4, 0.5) is 0 Å². The molecule has 1 aliphatic rings. The predicted molar refractivity (Wildman–Crippen MR) is 76.9 cm³/mol. The van der Waals surface area contributed by atoms with Crippen molar-refractivity contribution < 1.29 is 5.11 Å². The molecule has 2 rings (SSSR count). The third kappa shape index (κ3) is 4.11. The average molecular weight is 262 g/mol. The summed E-state index contributed by atoms with van der Waals surface area (Å²) in [6, 6.07) is 10.3. The highest BCUT2D eigenvalue weighted by Gasteiger charge is 2.12. The van der Waals surface area contributed by atoms with Crippen molar-refractivity contribution >= 4 is 21.6 Å². The van der Waals surface area contributed by atoms with Crippen molar-refractivity contribution in [2.24, 2.45) is 0 Å². The topological polar surface area (TPSA) is 20.2 Å². The van der Waals surface area contributed by atoms with Gasteiger partial charge in [0.25, 0.3) is 0 Å². The van der Waals surface area contributed by atoms with E-state index in [0.29, 0.717) is 0 Å². The highest BCUT2D eigenvalue weighted by molar-refractivity contribution is 8.78. The van der Waals surface area contributed by atoms with Gasteiger partial charge in [-0.05, 0) is 43.4 Å². The molecule has 1 aromatic rings. The molecule has 1 N–H and O–H groups in total. The van der Waals surface area contributed by atoms with Gasteiger partial charge < -0.3 is 5.11 Å². The van der Waals surface area contributed by atoms with E-state index in [4.69, 9.17) is 0 Å². The fourth-order valence-electron chi connectivity index (χ4n) is 1.33. The lowest BCUT2D eigenvalue weighted by Gasteiger charge is -2.11. The van der Waals surface area contributed by atoms with E-state index in [1.165, 1.54) is 4.90 Å². The van der Waals surface area contributed by atoms with Crippen LogP contribution in [0.2, 0.25) is 0 Å². The van der Waals surface area contributed by atoms with Gasteiger partial charge in [-0.25, -0.2) is 0 Å². The number of hydrogen-bond acceptors (Lipinski definition) is 3. The second-order valence-corrected chi connectivity index (χ2v) is 6.24. The zero-order chi connectivity index (χ0) is 12.1. The standard InChI is InChI=1S/C14H14OS2/c1-14(15)10-5-8-13(9-11-14)17-16-12-6-3-2-4-7-12/h2-11,15H,1H3. The summed E-state index contributed by atoms with van der Waals surface area (Å²) in [5.74, 6) is 0. The second-order valence-electron chi connectivity index (χ2n) is 3.97. The normalized spacial score (nSPS) is 23.3. The molecule has 3 heteroatoms. The maximum Gasteiger partial charge on any atom is 0.0987 e. The van der Waals surface area contributed by atoms with Crippen LogP contribution in [0.1, 0.15) is 6.92 Å². The van der Waals surface area contributed by atoms with Gasteiger partial charge in [-0.2, -0.15) is 0 Å². The molecule has 0 saturated heterocycles. The van der Waals surface area contributed by atoms with Crippen LogP contribution in [0.25, 0.3) is 0 Å². The Bertz CT molecular complexity index is 458. The molecule has 0 amide bonds. The largest absolute Gasteiger partial charge is 0.382 e. The Morgan fingerprint density at radius 3 is 2.59 bits per heavy atom. The summed E-state index contributed by atoms with van der Waals surface area (Å²) >= 11 is 0. The summed E-state index contributed by atoms with van der Waals surface area (Å²) in [5.41, 5.74) is -0.837. The van der Waals surface area contributed by atoms with E-state index in [-0.39, 0.29) is 0 Å². The van der Waals surface area contributed by atoms with E-state index in [0.717, 1.165) is 4.91 Å². The lowest BCUT2D eigenvalue weighted by Crippen LogP contribution is -2.15. The molecule has 0 radical (unpaired) electrons. The fourth-order valence-corrected chi connectivity index (χ4v) is 3.29. The summed E-state index contributed by atoms with van der Waals surface area (Å²) in [5, 5.41) is 9.83. The summed E-state index contributed by atoms with van der Waals surface area (Å²) in [4.78, 5) is 2.36. The third-order valence-electron chi connectivity index (χ3n) is 2.26. The molecular weight excluding hydrogens is 248 g/mol. The van der Waals surface area contributed by atoms with Crippen LogP contribution in [0.3, 0.4) is 0 Å². The van der Waals surface area contributed by atoms with Crippen LogP contribution in [0.5, 0.6) is 0 Å². The Kier molecular flexibility index (Phi) is 4.15. The molecule has 17 heavy (non-hydrogen) atoms. The van der Waals surface area contributed by atoms with Crippen molar-refractivity contribution in [2.45, 2.75) is 17.4 Å². The van der Waals surface area contributed by atoms with Crippen molar-refractivity contribution in [1.82, 2.24) is 0 Å². The van der Waals surface area contributed by atoms with Crippen LogP contribution in [-0.2, 0) is 0 Å². The number of aliphatic hydroxyl groups is 1. The van der Waals surface area contributed by atoms with Crippen LogP contribution in [0.15, 0.2) is 70.5 Å². The molecule has 0 bridgehead atoms. The maximum absolute atomic E-state index is 9.83. The zero-order valence-corrected chi connectivity index (χ0v) is 11.2. The molecule has 88 valence electrons. The van der Waals surface area contributed by atoms with Gasteiger partial charge in [-0.1, -0.05) is 45.9 Å². The van der Waals surface area contributed by atoms with Crippen molar-refractivity contribution in [1.29, 1.82) is 0 Å². The number of benzene rings is 1. The molecule has 1 unspecified atom stereocenters. The minimum absolute atomic E-state index is 0.837. The monoisotopic (exact) mass is 262 g/mol. The van der Waals surface area contributed by atoms with Crippen molar-refractivity contribution in [3.63, 3.8) is 0 Å². The summed E-state index contributed by atoms with van der Waals surface area (Å²) in [6.45, 7) is 1.77. The third-order valence-corrected chi connectivity index (χ3v) is 4.67. The Morgan fingerprint density at radius 1 is 1.06 bits per heavy atom. The van der Waals surface area contributed by atoms with Crippen LogP contribution in [0, 0.1) is 0 Å². The van der Waals surface area contributed by atoms with Gasteiger partial charge in [0.15, 0.2) is 0 Å². The maximum atomic E-state index is 9.83. The van der Waals surface area contributed by atoms with E-state index in [1.807, 2.05) is 36.4 Å². The molecule has 1 aliphatic carbocycles. The molecule has 0 saturated carbocycles. The van der Waals surface area contributed by atoms with Crippen molar-refractivity contribution in [3.8, 4) is 0 Å². The van der Waals surface area contributed by atoms with E-state index >= 15 is 0 Å². The first-order valence-electron chi connectivity index (χ1n) is 5.36. The van der Waals surface area contributed by atoms with E-state index in [2.05, 4.69) is 12.1 Å². The van der Waals surface area contributed by atoms with Crippen molar-refractivity contribution in [2.75, 3.05) is 0 Å². The SMILES string of the molecule is CC1(O)C=CC=C(SSc2ccccc2)C=C1. The summed E-state index contributed by atoms with van der Waals surface area (Å²) in [6.07, 6.45) is 9.46. The molecular formula is C14H14OS2. The summed E-state index contributed by atoms with van der Waals surface area (Å²) in [7, 11) is 3.41. The molecule has 0 aliphatic heterocycles. The minimum Gasteiger partial charge on any atom is -0.382 e. The average Bonchev–Trinajstić information content (AvgIpc) is 2.49. The molecule has 0 aromatic heterocycles. The quantitative estimate of drug-likeness (QED) is 0.825. The molecule has 0 heterocycles. The first-order chi connectivity index (χ1) is 8.16. The lowest BCUT2D eigenvalue weighted by atomic mass is 10.1. The number of rotatable bonds is 3. The minimum atomic E-state index is -0.837. The van der Waals surface area contributed by atoms with E-state index in [1.54, 1.807) is 40.7 Å².